The first-order chi connectivity index (χ1) is 9.09. The van der Waals surface area contributed by atoms with Crippen molar-refractivity contribution >= 4 is 33.1 Å². The summed E-state index contributed by atoms with van der Waals surface area (Å²) in [5.41, 5.74) is 0.324. The molecule has 0 aliphatic carbocycles. The maximum absolute atomic E-state index is 13.7. The fourth-order valence-corrected chi connectivity index (χ4v) is 2.36. The summed E-state index contributed by atoms with van der Waals surface area (Å²) in [6.07, 6.45) is 0. The molecule has 5 heteroatoms. The molecule has 1 aliphatic heterocycles. The lowest BCUT2D eigenvalue weighted by Gasteiger charge is -2.02. The van der Waals surface area contributed by atoms with Gasteiger partial charge in [-0.15, -0.1) is 0 Å². The maximum atomic E-state index is 13.7. The van der Waals surface area contributed by atoms with Gasteiger partial charge in [0.05, 0.1) is 5.56 Å². The third kappa shape index (κ3) is 1.77. The smallest absolute Gasteiger partial charge is 0.273 e. The topological polar surface area (TPSA) is 43.1 Å². The van der Waals surface area contributed by atoms with E-state index in [-0.39, 0.29) is 17.0 Å². The SMILES string of the molecule is O=C1C(c2ccc(Br)cc2)=[N+]([O-])c2c(F)cccc21. The van der Waals surface area contributed by atoms with E-state index in [0.29, 0.717) is 10.3 Å². The Labute approximate surface area is 116 Å². The summed E-state index contributed by atoms with van der Waals surface area (Å²) in [6, 6.07) is 10.8. The van der Waals surface area contributed by atoms with E-state index in [9.17, 15) is 14.4 Å². The standard InChI is InChI=1S/C14H7BrFNO2/c15-9-6-4-8(5-7-9)12-14(18)10-2-1-3-11(16)13(10)17(12)19/h1-7H. The van der Waals surface area contributed by atoms with Crippen molar-refractivity contribution < 1.29 is 13.9 Å². The summed E-state index contributed by atoms with van der Waals surface area (Å²) in [6.45, 7) is 0. The zero-order chi connectivity index (χ0) is 13.6. The van der Waals surface area contributed by atoms with Gasteiger partial charge in [-0.2, -0.15) is 9.13 Å². The molecule has 0 saturated carbocycles. The molecule has 1 aliphatic rings. The molecule has 0 N–H and O–H groups in total. The molecule has 0 aromatic heterocycles. The first kappa shape index (κ1) is 12.0. The molecule has 0 bridgehead atoms. The van der Waals surface area contributed by atoms with Crippen LogP contribution in [0.15, 0.2) is 46.9 Å². The number of halogens is 2. The predicted octanol–water partition coefficient (Wildman–Crippen LogP) is 3.42. The van der Waals surface area contributed by atoms with Gasteiger partial charge in [0.2, 0.25) is 0 Å². The van der Waals surface area contributed by atoms with Crippen LogP contribution in [0.3, 0.4) is 0 Å². The number of carbonyl (C=O) groups excluding carboxylic acids is 1. The fraction of sp³-hybridized carbons (Fsp3) is 0. The first-order valence-corrected chi connectivity index (χ1v) is 6.32. The number of hydrogen-bond donors (Lipinski definition) is 0. The highest BCUT2D eigenvalue weighted by atomic mass is 79.9. The second-order valence-electron chi connectivity index (χ2n) is 4.12. The highest BCUT2D eigenvalue weighted by Crippen LogP contribution is 2.30. The van der Waals surface area contributed by atoms with Gasteiger partial charge in [0.1, 0.15) is 5.56 Å². The van der Waals surface area contributed by atoms with E-state index in [4.69, 9.17) is 0 Å². The van der Waals surface area contributed by atoms with E-state index in [1.54, 1.807) is 24.3 Å². The van der Waals surface area contributed by atoms with Crippen molar-refractivity contribution in [2.75, 3.05) is 0 Å². The summed E-state index contributed by atoms with van der Waals surface area (Å²) in [5, 5.41) is 12.1. The largest absolute Gasteiger partial charge is 0.618 e. The molecule has 0 spiro atoms. The van der Waals surface area contributed by atoms with Crippen LogP contribution in [0.5, 0.6) is 0 Å². The average molecular weight is 320 g/mol. The summed E-state index contributed by atoms with van der Waals surface area (Å²) in [7, 11) is 0. The number of fused-ring (bicyclic) bond motifs is 1. The summed E-state index contributed by atoms with van der Waals surface area (Å²) in [5.74, 6) is -1.14. The zero-order valence-electron chi connectivity index (χ0n) is 9.56. The normalized spacial score (nSPS) is 13.9. The van der Waals surface area contributed by atoms with Crippen LogP contribution >= 0.6 is 15.9 Å². The third-order valence-electron chi connectivity index (χ3n) is 2.97. The molecule has 94 valence electrons. The maximum Gasteiger partial charge on any atom is 0.273 e. The molecule has 3 nitrogen and oxygen atoms in total. The number of carbonyl (C=O) groups is 1. The van der Waals surface area contributed by atoms with Crippen molar-refractivity contribution in [3.8, 4) is 0 Å². The van der Waals surface area contributed by atoms with Crippen LogP contribution in [0.2, 0.25) is 0 Å². The van der Waals surface area contributed by atoms with Gasteiger partial charge >= 0.3 is 0 Å². The van der Waals surface area contributed by atoms with Gasteiger partial charge in [-0.05, 0) is 36.4 Å². The molecule has 0 unspecified atom stereocenters. The van der Waals surface area contributed by atoms with Crippen LogP contribution in [0, 0.1) is 11.0 Å². The van der Waals surface area contributed by atoms with E-state index in [1.165, 1.54) is 18.2 Å². The average Bonchev–Trinajstić information content (AvgIpc) is 2.65. The number of rotatable bonds is 1. The minimum absolute atomic E-state index is 0.0485. The molecule has 0 saturated heterocycles. The number of para-hydroxylation sites is 1. The van der Waals surface area contributed by atoms with Crippen molar-refractivity contribution in [3.05, 3.63) is 69.1 Å². The van der Waals surface area contributed by atoms with Gasteiger partial charge in [0, 0.05) is 4.47 Å². The lowest BCUT2D eigenvalue weighted by atomic mass is 10.0. The summed E-state index contributed by atoms with van der Waals surface area (Å²) < 4.78 is 14.9. The molecule has 3 rings (SSSR count). The van der Waals surface area contributed by atoms with Crippen LogP contribution in [0.25, 0.3) is 0 Å². The van der Waals surface area contributed by atoms with Crippen LogP contribution in [-0.2, 0) is 0 Å². The first-order valence-electron chi connectivity index (χ1n) is 5.53. The Kier molecular flexibility index (Phi) is 2.71. The van der Waals surface area contributed by atoms with Crippen LogP contribution in [0.4, 0.5) is 10.1 Å². The molecule has 0 atom stereocenters. The lowest BCUT2D eigenvalue weighted by molar-refractivity contribution is -0.358. The van der Waals surface area contributed by atoms with Gasteiger partial charge in [-0.25, -0.2) is 0 Å². The molecular weight excluding hydrogens is 313 g/mol. The Bertz CT molecular complexity index is 723. The van der Waals surface area contributed by atoms with E-state index < -0.39 is 11.6 Å². The molecule has 2 aromatic rings. The Morgan fingerprint density at radius 1 is 1.11 bits per heavy atom. The van der Waals surface area contributed by atoms with Gasteiger partial charge in [-0.3, -0.25) is 4.79 Å². The Balaban J connectivity index is 2.22. The summed E-state index contributed by atoms with van der Waals surface area (Å²) >= 11 is 3.28. The van der Waals surface area contributed by atoms with Crippen LogP contribution in [-0.4, -0.2) is 16.2 Å². The number of Topliss-reactive ketones (excluding diaryl/α,β-unsaturated/α-hetero) is 1. The van der Waals surface area contributed by atoms with Gasteiger partial charge in [0.25, 0.3) is 17.2 Å². The molecule has 0 amide bonds. The van der Waals surface area contributed by atoms with Crippen LogP contribution < -0.4 is 0 Å². The molecular formula is C14H7BrFNO2. The zero-order valence-corrected chi connectivity index (χ0v) is 11.1. The minimum atomic E-state index is -0.687. The van der Waals surface area contributed by atoms with E-state index in [2.05, 4.69) is 15.9 Å². The van der Waals surface area contributed by atoms with Gasteiger partial charge in [-0.1, -0.05) is 22.0 Å². The van der Waals surface area contributed by atoms with E-state index in [1.807, 2.05) is 0 Å². The Morgan fingerprint density at radius 2 is 1.79 bits per heavy atom. The van der Waals surface area contributed by atoms with Gasteiger partial charge < -0.3 is 5.21 Å². The highest BCUT2D eigenvalue weighted by molar-refractivity contribution is 9.10. The molecule has 0 fully saturated rings. The quantitative estimate of drug-likeness (QED) is 0.597. The minimum Gasteiger partial charge on any atom is -0.618 e. The number of ketones is 1. The van der Waals surface area contributed by atoms with Crippen molar-refractivity contribution in [2.24, 2.45) is 0 Å². The van der Waals surface area contributed by atoms with Crippen molar-refractivity contribution in [1.29, 1.82) is 0 Å². The summed E-state index contributed by atoms with van der Waals surface area (Å²) in [4.78, 5) is 12.2. The molecule has 2 aromatic carbocycles. The number of hydrogen-bond acceptors (Lipinski definition) is 2. The number of nitrogens with zero attached hydrogens (tertiary/aromatic N) is 1. The molecule has 19 heavy (non-hydrogen) atoms. The monoisotopic (exact) mass is 319 g/mol. The number of benzene rings is 2. The fourth-order valence-electron chi connectivity index (χ4n) is 2.09. The molecule has 0 radical (unpaired) electrons. The van der Waals surface area contributed by atoms with Crippen molar-refractivity contribution in [3.63, 3.8) is 0 Å². The Morgan fingerprint density at radius 3 is 2.42 bits per heavy atom. The lowest BCUT2D eigenvalue weighted by Crippen LogP contribution is -2.16. The van der Waals surface area contributed by atoms with E-state index in [0.717, 1.165) is 4.47 Å². The van der Waals surface area contributed by atoms with E-state index >= 15 is 0 Å². The second-order valence-corrected chi connectivity index (χ2v) is 5.03. The Hall–Kier alpha value is -2.01. The molecule has 1 heterocycles. The second kappa shape index (κ2) is 4.28. The van der Waals surface area contributed by atoms with Gasteiger partial charge in [0.15, 0.2) is 5.82 Å². The van der Waals surface area contributed by atoms with Crippen molar-refractivity contribution in [1.82, 2.24) is 0 Å². The van der Waals surface area contributed by atoms with Crippen molar-refractivity contribution in [2.45, 2.75) is 0 Å². The predicted molar refractivity (Wildman–Crippen MR) is 72.3 cm³/mol. The third-order valence-corrected chi connectivity index (χ3v) is 3.50. The van der Waals surface area contributed by atoms with Crippen LogP contribution in [0.1, 0.15) is 15.9 Å². The highest BCUT2D eigenvalue weighted by Gasteiger charge is 2.38.